The van der Waals surface area contributed by atoms with Crippen LogP contribution < -0.4 is 0 Å². The highest BCUT2D eigenvalue weighted by atomic mass is 16.4. The summed E-state index contributed by atoms with van der Waals surface area (Å²) >= 11 is 0. The summed E-state index contributed by atoms with van der Waals surface area (Å²) < 4.78 is 1.14. The molecule has 0 aliphatic heterocycles. The van der Waals surface area contributed by atoms with Crippen LogP contribution in [-0.4, -0.2) is 20.9 Å². The van der Waals surface area contributed by atoms with Crippen molar-refractivity contribution in [3.63, 3.8) is 0 Å². The van der Waals surface area contributed by atoms with E-state index in [2.05, 4.69) is 0 Å². The molecule has 1 aromatic heterocycles. The van der Waals surface area contributed by atoms with Gasteiger partial charge in [0.05, 0.1) is 5.52 Å². The van der Waals surface area contributed by atoms with E-state index in [1.165, 1.54) is 6.20 Å². The zero-order valence-corrected chi connectivity index (χ0v) is 10.6. The molecule has 0 saturated heterocycles. The second-order valence-corrected chi connectivity index (χ2v) is 4.57. The number of benzene rings is 2. The molecule has 0 bridgehead atoms. The van der Waals surface area contributed by atoms with E-state index in [1.54, 1.807) is 12.1 Å². The van der Waals surface area contributed by atoms with Gasteiger partial charge in [-0.25, -0.2) is 4.79 Å². The number of nitrogens with zero attached hydrogens (tertiary/aromatic N) is 1. The second kappa shape index (κ2) is 4.83. The molecule has 0 saturated carbocycles. The first kappa shape index (κ1) is 12.4. The molecule has 4 heteroatoms. The Morgan fingerprint density at radius 1 is 1.00 bits per heavy atom. The van der Waals surface area contributed by atoms with E-state index in [0.29, 0.717) is 11.1 Å². The van der Waals surface area contributed by atoms with Crippen LogP contribution in [0.2, 0.25) is 0 Å². The van der Waals surface area contributed by atoms with E-state index >= 15 is 0 Å². The Morgan fingerprint density at radius 3 is 2.35 bits per heavy atom. The summed E-state index contributed by atoms with van der Waals surface area (Å²) in [7, 11) is 0. The Hall–Kier alpha value is -2.59. The average Bonchev–Trinajstić information content (AvgIpc) is 2.87. The lowest BCUT2D eigenvalue weighted by Gasteiger charge is -2.09. The van der Waals surface area contributed by atoms with Gasteiger partial charge in [0.1, 0.15) is 6.10 Å². The highest BCUT2D eigenvalue weighted by Gasteiger charge is 2.19. The van der Waals surface area contributed by atoms with Gasteiger partial charge in [-0.2, -0.15) is 0 Å². The van der Waals surface area contributed by atoms with E-state index < -0.39 is 12.2 Å². The van der Waals surface area contributed by atoms with E-state index in [4.69, 9.17) is 0 Å². The molecule has 20 heavy (non-hydrogen) atoms. The van der Waals surface area contributed by atoms with Gasteiger partial charge >= 0.3 is 6.09 Å². The molecule has 1 heterocycles. The third-order valence-electron chi connectivity index (χ3n) is 3.36. The summed E-state index contributed by atoms with van der Waals surface area (Å²) in [6.07, 6.45) is -0.431. The van der Waals surface area contributed by atoms with Gasteiger partial charge in [-0.15, -0.1) is 0 Å². The first-order valence-corrected chi connectivity index (χ1v) is 6.25. The van der Waals surface area contributed by atoms with Crippen LogP contribution in [-0.2, 0) is 0 Å². The first-order valence-electron chi connectivity index (χ1n) is 6.25. The van der Waals surface area contributed by atoms with Crippen molar-refractivity contribution in [1.82, 2.24) is 4.57 Å². The Kier molecular flexibility index (Phi) is 3.00. The van der Waals surface area contributed by atoms with Gasteiger partial charge in [0.15, 0.2) is 0 Å². The van der Waals surface area contributed by atoms with Crippen LogP contribution in [0.3, 0.4) is 0 Å². The number of aliphatic hydroxyl groups is 1. The summed E-state index contributed by atoms with van der Waals surface area (Å²) in [5.41, 5.74) is 1.90. The van der Waals surface area contributed by atoms with Crippen molar-refractivity contribution in [1.29, 1.82) is 0 Å². The van der Waals surface area contributed by atoms with Crippen LogP contribution >= 0.6 is 0 Å². The van der Waals surface area contributed by atoms with Crippen LogP contribution in [0.25, 0.3) is 10.9 Å². The maximum absolute atomic E-state index is 11.3. The molecule has 0 radical (unpaired) electrons. The standard InChI is InChI=1S/C16H13NO3/c18-15(11-6-2-1-3-7-11)13-10-17(16(19)20)14-9-5-4-8-12(13)14/h1-10,15,18H,(H,19,20). The zero-order chi connectivity index (χ0) is 14.1. The van der Waals surface area contributed by atoms with Crippen molar-refractivity contribution >= 4 is 17.0 Å². The molecule has 1 atom stereocenters. The van der Waals surface area contributed by atoms with Crippen LogP contribution in [0.1, 0.15) is 17.2 Å². The molecule has 0 aliphatic carbocycles. The highest BCUT2D eigenvalue weighted by Crippen LogP contribution is 2.30. The lowest BCUT2D eigenvalue weighted by Crippen LogP contribution is -2.06. The quantitative estimate of drug-likeness (QED) is 0.749. The molecular weight excluding hydrogens is 254 g/mol. The molecule has 2 N–H and O–H groups in total. The van der Waals surface area contributed by atoms with Gasteiger partial charge < -0.3 is 10.2 Å². The Morgan fingerprint density at radius 2 is 1.65 bits per heavy atom. The van der Waals surface area contributed by atoms with Crippen LogP contribution in [0.4, 0.5) is 4.79 Å². The van der Waals surface area contributed by atoms with Crippen LogP contribution in [0.15, 0.2) is 60.8 Å². The van der Waals surface area contributed by atoms with Gasteiger partial charge in [-0.1, -0.05) is 48.5 Å². The van der Waals surface area contributed by atoms with Crippen molar-refractivity contribution in [2.45, 2.75) is 6.10 Å². The molecule has 0 spiro atoms. The smallest absolute Gasteiger partial charge is 0.416 e. The number of hydrogen-bond donors (Lipinski definition) is 2. The second-order valence-electron chi connectivity index (χ2n) is 4.57. The lowest BCUT2D eigenvalue weighted by atomic mass is 10.0. The Bertz CT molecular complexity index is 762. The summed E-state index contributed by atoms with van der Waals surface area (Å²) in [6, 6.07) is 16.3. The fraction of sp³-hybridized carbons (Fsp3) is 0.0625. The zero-order valence-electron chi connectivity index (χ0n) is 10.6. The highest BCUT2D eigenvalue weighted by molar-refractivity contribution is 5.91. The molecule has 0 amide bonds. The summed E-state index contributed by atoms with van der Waals surface area (Å²) in [4.78, 5) is 11.3. The van der Waals surface area contributed by atoms with E-state index in [1.807, 2.05) is 42.5 Å². The monoisotopic (exact) mass is 267 g/mol. The fourth-order valence-corrected chi connectivity index (χ4v) is 2.40. The molecule has 3 rings (SSSR count). The fourth-order valence-electron chi connectivity index (χ4n) is 2.40. The van der Waals surface area contributed by atoms with Crippen molar-refractivity contribution < 1.29 is 15.0 Å². The molecule has 0 aliphatic rings. The average molecular weight is 267 g/mol. The number of fused-ring (bicyclic) bond motifs is 1. The number of carboxylic acid groups (broad SMARTS) is 1. The maximum atomic E-state index is 11.3. The summed E-state index contributed by atoms with van der Waals surface area (Å²) in [5, 5.41) is 20.5. The van der Waals surface area contributed by atoms with E-state index in [9.17, 15) is 15.0 Å². The minimum atomic E-state index is -1.06. The molecule has 3 aromatic rings. The van der Waals surface area contributed by atoms with Crippen LogP contribution in [0, 0.1) is 0 Å². The van der Waals surface area contributed by atoms with E-state index in [0.717, 1.165) is 15.5 Å². The molecule has 100 valence electrons. The lowest BCUT2D eigenvalue weighted by molar-refractivity contribution is 0.197. The van der Waals surface area contributed by atoms with Gasteiger partial charge in [-0.3, -0.25) is 4.57 Å². The number of rotatable bonds is 2. The molecule has 2 aromatic carbocycles. The predicted molar refractivity (Wildman–Crippen MR) is 75.9 cm³/mol. The third kappa shape index (κ3) is 1.96. The van der Waals surface area contributed by atoms with Crippen molar-refractivity contribution in [2.24, 2.45) is 0 Å². The third-order valence-corrected chi connectivity index (χ3v) is 3.36. The summed E-state index contributed by atoms with van der Waals surface area (Å²) in [5.74, 6) is 0. The Labute approximate surface area is 115 Å². The number of para-hydroxylation sites is 1. The minimum Gasteiger partial charge on any atom is -0.464 e. The van der Waals surface area contributed by atoms with Crippen LogP contribution in [0.5, 0.6) is 0 Å². The minimum absolute atomic E-state index is 0.574. The topological polar surface area (TPSA) is 62.5 Å². The molecule has 1 unspecified atom stereocenters. The number of aromatic nitrogens is 1. The first-order chi connectivity index (χ1) is 9.68. The molecule has 0 fully saturated rings. The predicted octanol–water partition coefficient (Wildman–Crippen LogP) is 3.25. The van der Waals surface area contributed by atoms with Gasteiger partial charge in [0.2, 0.25) is 0 Å². The van der Waals surface area contributed by atoms with Gasteiger partial charge in [0, 0.05) is 17.1 Å². The van der Waals surface area contributed by atoms with E-state index in [-0.39, 0.29) is 0 Å². The van der Waals surface area contributed by atoms with Crippen molar-refractivity contribution in [2.75, 3.05) is 0 Å². The van der Waals surface area contributed by atoms with Crippen molar-refractivity contribution in [3.05, 3.63) is 71.9 Å². The number of carbonyl (C=O) groups is 1. The van der Waals surface area contributed by atoms with Gasteiger partial charge in [0.25, 0.3) is 0 Å². The van der Waals surface area contributed by atoms with Crippen molar-refractivity contribution in [3.8, 4) is 0 Å². The van der Waals surface area contributed by atoms with Gasteiger partial charge in [-0.05, 0) is 11.6 Å². The molecule has 4 nitrogen and oxygen atoms in total. The SMILES string of the molecule is O=C(O)n1cc(C(O)c2ccccc2)c2ccccc21. The Balaban J connectivity index is 2.19. The maximum Gasteiger partial charge on any atom is 0.416 e. The molecular formula is C16H13NO3. The number of aliphatic hydroxyl groups excluding tert-OH is 1. The number of hydrogen-bond acceptors (Lipinski definition) is 2. The largest absolute Gasteiger partial charge is 0.464 e. The summed E-state index contributed by atoms with van der Waals surface area (Å²) in [6.45, 7) is 0. The normalized spacial score (nSPS) is 12.4.